The predicted octanol–water partition coefficient (Wildman–Crippen LogP) is 6.25. The molecule has 2 aromatic carbocycles. The van der Waals surface area contributed by atoms with Gasteiger partial charge in [0.2, 0.25) is 11.8 Å². The van der Waals surface area contributed by atoms with Gasteiger partial charge in [-0.05, 0) is 107 Å². The molecular formula is C41H55ClN6O4S. The van der Waals surface area contributed by atoms with Crippen LogP contribution in [0.5, 0.6) is 5.75 Å². The van der Waals surface area contributed by atoms with Gasteiger partial charge in [0.05, 0.1) is 24.2 Å². The number of nitrogens with zero attached hydrogens (tertiary/aromatic N) is 4. The van der Waals surface area contributed by atoms with E-state index < -0.39 is 18.2 Å². The van der Waals surface area contributed by atoms with E-state index in [2.05, 4.69) is 64.9 Å². The summed E-state index contributed by atoms with van der Waals surface area (Å²) in [7, 11) is 4.14. The summed E-state index contributed by atoms with van der Waals surface area (Å²) < 4.78 is 5.64. The highest BCUT2D eigenvalue weighted by Gasteiger charge is 2.43. The molecule has 2 aliphatic heterocycles. The van der Waals surface area contributed by atoms with Crippen molar-refractivity contribution in [2.45, 2.75) is 82.6 Å². The van der Waals surface area contributed by atoms with Gasteiger partial charge in [-0.1, -0.05) is 66.6 Å². The summed E-state index contributed by atoms with van der Waals surface area (Å²) in [5, 5.41) is 9.15. The normalized spacial score (nSPS) is 22.6. The van der Waals surface area contributed by atoms with Crippen LogP contribution in [-0.2, 0) is 22.7 Å². The van der Waals surface area contributed by atoms with Crippen LogP contribution in [0.25, 0.3) is 0 Å². The van der Waals surface area contributed by atoms with Gasteiger partial charge in [-0.25, -0.2) is 4.79 Å². The molecule has 2 saturated heterocycles. The number of unbranched alkanes of at least 4 members (excludes halogenated alkanes) is 1. The Morgan fingerprint density at radius 2 is 1.74 bits per heavy atom. The first-order valence-electron chi connectivity index (χ1n) is 19.2. The molecule has 0 radical (unpaired) electrons. The molecule has 0 unspecified atom stereocenters. The van der Waals surface area contributed by atoms with E-state index >= 15 is 0 Å². The Balaban J connectivity index is 1.12. The van der Waals surface area contributed by atoms with Crippen LogP contribution >= 0.6 is 22.9 Å². The van der Waals surface area contributed by atoms with Crippen molar-refractivity contribution in [1.29, 1.82) is 0 Å². The van der Waals surface area contributed by atoms with Crippen molar-refractivity contribution < 1.29 is 19.1 Å². The maximum Gasteiger partial charge on any atom is 0.415 e. The minimum Gasteiger partial charge on any atom is -0.409 e. The molecule has 1 aliphatic carbocycles. The number of para-hydroxylation sites is 1. The average molecular weight is 763 g/mol. The topological polar surface area (TPSA) is 97.5 Å². The number of halogens is 1. The van der Waals surface area contributed by atoms with Crippen LogP contribution in [-0.4, -0.2) is 109 Å². The van der Waals surface area contributed by atoms with Gasteiger partial charge in [-0.2, -0.15) is 0 Å². The first-order valence-corrected chi connectivity index (χ1v) is 20.4. The number of likely N-dealkylation sites (tertiary alicyclic amines) is 1. The molecule has 1 saturated carbocycles. The molecule has 3 aromatic rings. The number of piperazine rings is 1. The van der Waals surface area contributed by atoms with E-state index in [9.17, 15) is 14.4 Å². The fraction of sp³-hybridized carbons (Fsp3) is 0.537. The predicted molar refractivity (Wildman–Crippen MR) is 211 cm³/mol. The van der Waals surface area contributed by atoms with Crippen LogP contribution in [0.1, 0.15) is 61.8 Å². The zero-order chi connectivity index (χ0) is 37.2. The number of benzene rings is 2. The minimum atomic E-state index is -0.857. The van der Waals surface area contributed by atoms with E-state index in [1.165, 1.54) is 16.9 Å². The standard InChI is InChI=1S/C41H55ClN6O4S/c1-45(2)22-9-8-15-35(44-32-17-19-41(20-18-32)21-23-46(30-41)28-31-11-4-3-5-12-31)39(50)48-25-24-47(40(51)52-37-16-7-6-14-34(37)42)29-36(48)38(49)43-27-33-13-10-26-53-33/h3-7,10-14,16,26,32,35-36,44H,8-9,15,17-25,27-30H2,1-2H3,(H,43,49)/t32?,35-,36+,41?/m1/s1. The maximum atomic E-state index is 14.6. The van der Waals surface area contributed by atoms with Crippen molar-refractivity contribution in [2.24, 2.45) is 5.41 Å². The number of carbonyl (C=O) groups is 3. The Hall–Kier alpha value is -3.48. The summed E-state index contributed by atoms with van der Waals surface area (Å²) >= 11 is 7.84. The van der Waals surface area contributed by atoms with E-state index in [4.69, 9.17) is 16.3 Å². The molecule has 10 nitrogen and oxygen atoms in total. The molecule has 1 spiro atoms. The van der Waals surface area contributed by atoms with Gasteiger partial charge in [0.15, 0.2) is 5.75 Å². The Bertz CT molecular complexity index is 1630. The highest BCUT2D eigenvalue weighted by atomic mass is 35.5. The largest absolute Gasteiger partial charge is 0.415 e. The Labute approximate surface area is 323 Å². The molecule has 286 valence electrons. The summed E-state index contributed by atoms with van der Waals surface area (Å²) in [6.07, 6.45) is 7.57. The van der Waals surface area contributed by atoms with E-state index in [0.29, 0.717) is 23.4 Å². The molecule has 2 atom stereocenters. The highest BCUT2D eigenvalue weighted by Crippen LogP contribution is 2.44. The number of hydrogen-bond acceptors (Lipinski definition) is 8. The lowest BCUT2D eigenvalue weighted by molar-refractivity contribution is -0.145. The van der Waals surface area contributed by atoms with Crippen LogP contribution in [0, 0.1) is 5.41 Å². The van der Waals surface area contributed by atoms with Crippen molar-refractivity contribution in [3.8, 4) is 5.75 Å². The van der Waals surface area contributed by atoms with Crippen LogP contribution < -0.4 is 15.4 Å². The first kappa shape index (κ1) is 39.2. The number of rotatable bonds is 14. The number of thiophene rings is 1. The zero-order valence-corrected chi connectivity index (χ0v) is 32.8. The third-order valence-corrected chi connectivity index (χ3v) is 12.4. The lowest BCUT2D eigenvalue weighted by Crippen LogP contribution is -2.64. The molecule has 2 N–H and O–H groups in total. The van der Waals surface area contributed by atoms with Crippen molar-refractivity contribution in [2.75, 3.05) is 53.4 Å². The third-order valence-electron chi connectivity index (χ3n) is 11.2. The number of nitrogens with one attached hydrogen (secondary N) is 2. The monoisotopic (exact) mass is 762 g/mol. The summed E-state index contributed by atoms with van der Waals surface area (Å²) in [6.45, 7) is 5.09. The van der Waals surface area contributed by atoms with Gasteiger partial charge < -0.3 is 30.1 Å². The van der Waals surface area contributed by atoms with Crippen LogP contribution in [0.4, 0.5) is 4.79 Å². The SMILES string of the molecule is CN(C)CCCC[C@@H](NC1CCC2(CC1)CCN(Cc1ccccc1)C2)C(=O)N1CCN(C(=O)Oc2ccccc2Cl)C[C@H]1C(=O)NCc1cccs1. The fourth-order valence-electron chi connectivity index (χ4n) is 8.18. The van der Waals surface area contributed by atoms with Gasteiger partial charge >= 0.3 is 6.09 Å². The summed E-state index contributed by atoms with van der Waals surface area (Å²) in [6, 6.07) is 20.4. The number of carbonyl (C=O) groups excluding carboxylic acids is 3. The second-order valence-corrected chi connectivity index (χ2v) is 16.8. The molecule has 3 fully saturated rings. The quantitative estimate of drug-likeness (QED) is 0.188. The molecule has 3 heterocycles. The average Bonchev–Trinajstić information content (AvgIpc) is 3.83. The molecule has 12 heteroatoms. The Kier molecular flexibility index (Phi) is 13.8. The molecule has 3 aliphatic rings. The van der Waals surface area contributed by atoms with Crippen LogP contribution in [0.15, 0.2) is 72.1 Å². The molecule has 1 aromatic heterocycles. The van der Waals surface area contributed by atoms with Crippen molar-refractivity contribution in [3.05, 3.63) is 87.6 Å². The fourth-order valence-corrected chi connectivity index (χ4v) is 9.00. The minimum absolute atomic E-state index is 0.0318. The van der Waals surface area contributed by atoms with Crippen LogP contribution in [0.3, 0.4) is 0 Å². The van der Waals surface area contributed by atoms with Crippen LogP contribution in [0.2, 0.25) is 5.02 Å². The lowest BCUT2D eigenvalue weighted by atomic mass is 9.72. The summed E-state index contributed by atoms with van der Waals surface area (Å²) in [5.74, 6) is -0.0937. The zero-order valence-electron chi connectivity index (χ0n) is 31.2. The Morgan fingerprint density at radius 1 is 0.962 bits per heavy atom. The van der Waals surface area contributed by atoms with Crippen molar-refractivity contribution in [1.82, 2.24) is 30.2 Å². The van der Waals surface area contributed by atoms with Gasteiger partial charge in [-0.3, -0.25) is 14.5 Å². The van der Waals surface area contributed by atoms with E-state index in [1.807, 2.05) is 17.5 Å². The van der Waals surface area contributed by atoms with E-state index in [0.717, 1.165) is 69.6 Å². The maximum absolute atomic E-state index is 14.6. The lowest BCUT2D eigenvalue weighted by Gasteiger charge is -2.43. The van der Waals surface area contributed by atoms with Gasteiger partial charge in [0, 0.05) is 37.1 Å². The third kappa shape index (κ3) is 10.8. The number of hydrogen-bond donors (Lipinski definition) is 2. The van der Waals surface area contributed by atoms with Crippen molar-refractivity contribution in [3.63, 3.8) is 0 Å². The first-order chi connectivity index (χ1) is 25.7. The van der Waals surface area contributed by atoms with Gasteiger partial charge in [-0.15, -0.1) is 11.3 Å². The second-order valence-electron chi connectivity index (χ2n) is 15.3. The van der Waals surface area contributed by atoms with E-state index in [1.54, 1.807) is 40.5 Å². The molecule has 6 rings (SSSR count). The number of amides is 3. The summed E-state index contributed by atoms with van der Waals surface area (Å²) in [4.78, 5) is 50.9. The van der Waals surface area contributed by atoms with E-state index in [-0.39, 0.29) is 43.2 Å². The molecule has 0 bridgehead atoms. The Morgan fingerprint density at radius 3 is 2.47 bits per heavy atom. The number of ether oxygens (including phenoxy) is 1. The molecule has 3 amide bonds. The highest BCUT2D eigenvalue weighted by molar-refractivity contribution is 7.09. The second kappa shape index (κ2) is 18.7. The summed E-state index contributed by atoms with van der Waals surface area (Å²) in [5.41, 5.74) is 1.71. The molecular weight excluding hydrogens is 708 g/mol. The molecule has 53 heavy (non-hydrogen) atoms. The van der Waals surface area contributed by atoms with Gasteiger partial charge in [0.25, 0.3) is 0 Å². The van der Waals surface area contributed by atoms with Crippen molar-refractivity contribution >= 4 is 40.8 Å². The van der Waals surface area contributed by atoms with Gasteiger partial charge in [0.1, 0.15) is 6.04 Å². The smallest absolute Gasteiger partial charge is 0.409 e.